The van der Waals surface area contributed by atoms with Crippen molar-refractivity contribution in [2.45, 2.75) is 26.3 Å². The molecule has 0 aliphatic rings. The Hall–Kier alpha value is -3.46. The summed E-state index contributed by atoms with van der Waals surface area (Å²) in [5.41, 5.74) is 5.37. The van der Waals surface area contributed by atoms with E-state index in [0.29, 0.717) is 5.56 Å². The number of fused-ring (bicyclic) bond motifs is 1. The second-order valence-electron chi connectivity index (χ2n) is 7.37. The largest absolute Gasteiger partial charge is 0.345 e. The Balaban J connectivity index is 1.58. The standard InChI is InChI=1S/C26H24N2O/c1-3-25(22-9-5-8-20(15-22)19-7-4-6-18(2)14-19)28-26(29)23-10-11-24-17-27-13-12-21(24)16-23/h4-17,25H,3H2,1-2H3,(H,28,29). The first kappa shape index (κ1) is 18.9. The van der Waals surface area contributed by atoms with Crippen LogP contribution in [0.4, 0.5) is 0 Å². The quantitative estimate of drug-likeness (QED) is 0.455. The summed E-state index contributed by atoms with van der Waals surface area (Å²) in [4.78, 5) is 17.0. The summed E-state index contributed by atoms with van der Waals surface area (Å²) in [7, 11) is 0. The lowest BCUT2D eigenvalue weighted by atomic mass is 9.97. The van der Waals surface area contributed by atoms with Crippen LogP contribution in [0.1, 0.15) is 40.9 Å². The minimum Gasteiger partial charge on any atom is -0.345 e. The van der Waals surface area contributed by atoms with E-state index < -0.39 is 0 Å². The average Bonchev–Trinajstić information content (AvgIpc) is 2.77. The first-order chi connectivity index (χ1) is 14.1. The molecule has 1 aromatic heterocycles. The number of pyridine rings is 1. The molecule has 0 radical (unpaired) electrons. The molecule has 4 rings (SSSR count). The molecule has 3 heteroatoms. The normalized spacial score (nSPS) is 11.9. The van der Waals surface area contributed by atoms with Crippen molar-refractivity contribution in [1.29, 1.82) is 0 Å². The van der Waals surface area contributed by atoms with Crippen LogP contribution < -0.4 is 5.32 Å². The van der Waals surface area contributed by atoms with E-state index in [-0.39, 0.29) is 11.9 Å². The summed E-state index contributed by atoms with van der Waals surface area (Å²) < 4.78 is 0. The summed E-state index contributed by atoms with van der Waals surface area (Å²) in [6.45, 7) is 4.19. The highest BCUT2D eigenvalue weighted by atomic mass is 16.1. The lowest BCUT2D eigenvalue weighted by Gasteiger charge is -2.19. The monoisotopic (exact) mass is 380 g/mol. The molecule has 3 aromatic carbocycles. The maximum absolute atomic E-state index is 12.9. The molecule has 0 aliphatic heterocycles. The summed E-state index contributed by atoms with van der Waals surface area (Å²) in [5, 5.41) is 5.24. The number of carbonyl (C=O) groups excluding carboxylic acids is 1. The summed E-state index contributed by atoms with van der Waals surface area (Å²) >= 11 is 0. The van der Waals surface area contributed by atoms with E-state index in [1.54, 1.807) is 6.20 Å². The van der Waals surface area contributed by atoms with E-state index >= 15 is 0 Å². The highest BCUT2D eigenvalue weighted by molar-refractivity contribution is 5.98. The first-order valence-corrected chi connectivity index (χ1v) is 9.95. The van der Waals surface area contributed by atoms with Gasteiger partial charge in [-0.1, -0.05) is 61.0 Å². The van der Waals surface area contributed by atoms with Gasteiger partial charge in [0.05, 0.1) is 6.04 Å². The second-order valence-corrected chi connectivity index (χ2v) is 7.37. The molecule has 0 bridgehead atoms. The molecule has 0 saturated heterocycles. The smallest absolute Gasteiger partial charge is 0.251 e. The number of nitrogens with one attached hydrogen (secondary N) is 1. The Kier molecular flexibility index (Phi) is 5.39. The van der Waals surface area contributed by atoms with Gasteiger partial charge in [-0.25, -0.2) is 0 Å². The predicted molar refractivity (Wildman–Crippen MR) is 119 cm³/mol. The molecule has 1 unspecified atom stereocenters. The lowest BCUT2D eigenvalue weighted by molar-refractivity contribution is 0.0935. The van der Waals surface area contributed by atoms with E-state index in [1.807, 2.05) is 30.5 Å². The zero-order chi connectivity index (χ0) is 20.2. The molecule has 3 nitrogen and oxygen atoms in total. The van der Waals surface area contributed by atoms with Gasteiger partial charge in [0, 0.05) is 23.3 Å². The molecular formula is C26H24N2O. The number of carbonyl (C=O) groups is 1. The number of hydrogen-bond acceptors (Lipinski definition) is 2. The molecule has 29 heavy (non-hydrogen) atoms. The molecule has 0 fully saturated rings. The van der Waals surface area contributed by atoms with E-state index in [9.17, 15) is 4.79 Å². The van der Waals surface area contributed by atoms with Crippen LogP contribution >= 0.6 is 0 Å². The van der Waals surface area contributed by atoms with Crippen LogP contribution in [0, 0.1) is 6.92 Å². The molecule has 1 heterocycles. The van der Waals surface area contributed by atoms with Gasteiger partial charge in [-0.05, 0) is 59.7 Å². The number of amides is 1. The fraction of sp³-hybridized carbons (Fsp3) is 0.154. The van der Waals surface area contributed by atoms with Crippen molar-refractivity contribution in [3.63, 3.8) is 0 Å². The Labute approximate surface area is 171 Å². The highest BCUT2D eigenvalue weighted by Crippen LogP contribution is 2.26. The third-order valence-electron chi connectivity index (χ3n) is 5.26. The lowest BCUT2D eigenvalue weighted by Crippen LogP contribution is -2.28. The van der Waals surface area contributed by atoms with Crippen molar-refractivity contribution in [2.24, 2.45) is 0 Å². The fourth-order valence-corrected chi connectivity index (χ4v) is 3.65. The summed E-state index contributed by atoms with van der Waals surface area (Å²) in [5.74, 6) is -0.0588. The zero-order valence-corrected chi connectivity index (χ0v) is 16.7. The van der Waals surface area contributed by atoms with Gasteiger partial charge < -0.3 is 5.32 Å². The van der Waals surface area contributed by atoms with Gasteiger partial charge >= 0.3 is 0 Å². The minimum absolute atomic E-state index is 0.0413. The van der Waals surface area contributed by atoms with Crippen molar-refractivity contribution in [1.82, 2.24) is 10.3 Å². The van der Waals surface area contributed by atoms with Crippen molar-refractivity contribution in [2.75, 3.05) is 0 Å². The number of aryl methyl sites for hydroxylation is 1. The van der Waals surface area contributed by atoms with Crippen LogP contribution in [0.3, 0.4) is 0 Å². The number of hydrogen-bond donors (Lipinski definition) is 1. The van der Waals surface area contributed by atoms with Crippen LogP contribution in [0.15, 0.2) is 85.2 Å². The second kappa shape index (κ2) is 8.27. The van der Waals surface area contributed by atoms with Crippen LogP contribution in [-0.2, 0) is 0 Å². The van der Waals surface area contributed by atoms with Crippen LogP contribution in [0.25, 0.3) is 21.9 Å². The van der Waals surface area contributed by atoms with Gasteiger partial charge in [-0.15, -0.1) is 0 Å². The number of nitrogens with zero attached hydrogens (tertiary/aromatic N) is 1. The molecule has 0 saturated carbocycles. The molecule has 4 aromatic rings. The van der Waals surface area contributed by atoms with Gasteiger partial charge in [0.15, 0.2) is 0 Å². The predicted octanol–water partition coefficient (Wildman–Crippen LogP) is 6.09. The number of benzene rings is 3. The Morgan fingerprint density at radius 2 is 1.72 bits per heavy atom. The minimum atomic E-state index is -0.0588. The molecule has 0 spiro atoms. The van der Waals surface area contributed by atoms with Crippen molar-refractivity contribution in [3.8, 4) is 11.1 Å². The first-order valence-electron chi connectivity index (χ1n) is 9.95. The van der Waals surface area contributed by atoms with E-state index in [2.05, 4.69) is 72.7 Å². The van der Waals surface area contributed by atoms with Crippen LogP contribution in [0.2, 0.25) is 0 Å². The molecule has 1 amide bonds. The van der Waals surface area contributed by atoms with Gasteiger partial charge in [0.1, 0.15) is 0 Å². The van der Waals surface area contributed by atoms with Crippen LogP contribution in [-0.4, -0.2) is 10.9 Å². The third kappa shape index (κ3) is 4.19. The SMILES string of the molecule is CCC(NC(=O)c1ccc2cnccc2c1)c1cccc(-c2cccc(C)c2)c1. The summed E-state index contributed by atoms with van der Waals surface area (Å²) in [6, 6.07) is 24.5. The highest BCUT2D eigenvalue weighted by Gasteiger charge is 2.15. The van der Waals surface area contributed by atoms with Gasteiger partial charge in [0.25, 0.3) is 5.91 Å². The zero-order valence-electron chi connectivity index (χ0n) is 16.7. The van der Waals surface area contributed by atoms with E-state index in [4.69, 9.17) is 0 Å². The molecule has 1 atom stereocenters. The topological polar surface area (TPSA) is 42.0 Å². The van der Waals surface area contributed by atoms with E-state index in [0.717, 1.165) is 28.3 Å². The molecule has 144 valence electrons. The molecule has 0 aliphatic carbocycles. The Morgan fingerprint density at radius 1 is 0.931 bits per heavy atom. The third-order valence-corrected chi connectivity index (χ3v) is 5.26. The maximum atomic E-state index is 12.9. The average molecular weight is 380 g/mol. The number of rotatable bonds is 5. The molecular weight excluding hydrogens is 356 g/mol. The Bertz CT molecular complexity index is 1170. The van der Waals surface area contributed by atoms with Crippen molar-refractivity contribution in [3.05, 3.63) is 102 Å². The fourth-order valence-electron chi connectivity index (χ4n) is 3.65. The van der Waals surface area contributed by atoms with Crippen LogP contribution in [0.5, 0.6) is 0 Å². The maximum Gasteiger partial charge on any atom is 0.251 e. The van der Waals surface area contributed by atoms with Gasteiger partial charge in [0.2, 0.25) is 0 Å². The van der Waals surface area contributed by atoms with Crippen molar-refractivity contribution < 1.29 is 4.79 Å². The van der Waals surface area contributed by atoms with Crippen molar-refractivity contribution >= 4 is 16.7 Å². The number of aromatic nitrogens is 1. The van der Waals surface area contributed by atoms with Gasteiger partial charge in [-0.2, -0.15) is 0 Å². The van der Waals surface area contributed by atoms with Gasteiger partial charge in [-0.3, -0.25) is 9.78 Å². The molecule has 1 N–H and O–H groups in total. The Morgan fingerprint density at radius 3 is 2.52 bits per heavy atom. The summed E-state index contributed by atoms with van der Waals surface area (Å²) in [6.07, 6.45) is 4.37. The van der Waals surface area contributed by atoms with E-state index in [1.165, 1.54) is 11.1 Å².